The number of nitrogens with zero attached hydrogens (tertiary/aromatic N) is 3. The molecule has 1 N–H and O–H groups in total. The summed E-state index contributed by atoms with van der Waals surface area (Å²) in [5.74, 6) is 0. The van der Waals surface area contributed by atoms with Crippen molar-refractivity contribution in [3.05, 3.63) is 35.9 Å². The normalized spacial score (nSPS) is 22.1. The Labute approximate surface area is 153 Å². The lowest BCUT2D eigenvalue weighted by Crippen LogP contribution is -2.35. The third-order valence-corrected chi connectivity index (χ3v) is 4.60. The van der Waals surface area contributed by atoms with Gasteiger partial charge in [0.15, 0.2) is 0 Å². The smallest absolute Gasteiger partial charge is 0.418 e. The average molecular weight is 362 g/mol. The maximum Gasteiger partial charge on any atom is 0.418 e. The fourth-order valence-electron chi connectivity index (χ4n) is 2.49. The van der Waals surface area contributed by atoms with Crippen molar-refractivity contribution in [2.75, 3.05) is 27.2 Å². The topological polar surface area (TPSA) is 82.2 Å². The SMILES string of the molecule is C[C@@H]1CN(C(=O)OCc2ccccc2)C(=O)N1C.C[C@@H]1CNC(=O)N1C. The summed E-state index contributed by atoms with van der Waals surface area (Å²) >= 11 is 0. The summed E-state index contributed by atoms with van der Waals surface area (Å²) in [6.45, 7) is 5.25. The molecule has 2 heterocycles. The minimum atomic E-state index is -0.583. The summed E-state index contributed by atoms with van der Waals surface area (Å²) in [6, 6.07) is 9.51. The van der Waals surface area contributed by atoms with Gasteiger partial charge in [0.1, 0.15) is 6.61 Å². The highest BCUT2D eigenvalue weighted by Crippen LogP contribution is 2.15. The van der Waals surface area contributed by atoms with Gasteiger partial charge in [-0.1, -0.05) is 30.3 Å². The summed E-state index contributed by atoms with van der Waals surface area (Å²) in [7, 11) is 3.48. The molecule has 142 valence electrons. The highest BCUT2D eigenvalue weighted by atomic mass is 16.6. The quantitative estimate of drug-likeness (QED) is 0.874. The van der Waals surface area contributed by atoms with Crippen LogP contribution in [0.2, 0.25) is 0 Å². The minimum Gasteiger partial charge on any atom is -0.444 e. The molecule has 2 aliphatic heterocycles. The molecule has 2 aliphatic rings. The molecule has 0 aliphatic carbocycles. The first-order valence-corrected chi connectivity index (χ1v) is 8.57. The maximum atomic E-state index is 11.8. The second-order valence-corrected chi connectivity index (χ2v) is 6.54. The van der Waals surface area contributed by atoms with Crippen molar-refractivity contribution < 1.29 is 19.1 Å². The second kappa shape index (κ2) is 8.55. The fourth-order valence-corrected chi connectivity index (χ4v) is 2.49. The summed E-state index contributed by atoms with van der Waals surface area (Å²) in [5.41, 5.74) is 0.902. The Morgan fingerprint density at radius 1 is 1.12 bits per heavy atom. The van der Waals surface area contributed by atoms with E-state index >= 15 is 0 Å². The van der Waals surface area contributed by atoms with Crippen molar-refractivity contribution in [3.8, 4) is 0 Å². The van der Waals surface area contributed by atoms with Crippen LogP contribution in [0.4, 0.5) is 14.4 Å². The van der Waals surface area contributed by atoms with Gasteiger partial charge in [0.2, 0.25) is 0 Å². The first-order chi connectivity index (χ1) is 12.3. The summed E-state index contributed by atoms with van der Waals surface area (Å²) in [6.07, 6.45) is -0.583. The molecular weight excluding hydrogens is 336 g/mol. The zero-order chi connectivity index (χ0) is 19.3. The zero-order valence-electron chi connectivity index (χ0n) is 15.6. The van der Waals surface area contributed by atoms with Gasteiger partial charge in [0, 0.05) is 32.7 Å². The van der Waals surface area contributed by atoms with Gasteiger partial charge in [-0.3, -0.25) is 0 Å². The summed E-state index contributed by atoms with van der Waals surface area (Å²) < 4.78 is 5.12. The summed E-state index contributed by atoms with van der Waals surface area (Å²) in [4.78, 5) is 38.5. The van der Waals surface area contributed by atoms with E-state index in [1.54, 1.807) is 19.0 Å². The van der Waals surface area contributed by atoms with E-state index in [0.717, 1.165) is 17.0 Å². The zero-order valence-corrected chi connectivity index (χ0v) is 15.6. The maximum absolute atomic E-state index is 11.8. The average Bonchev–Trinajstić information content (AvgIpc) is 3.08. The van der Waals surface area contributed by atoms with Crippen LogP contribution in [0.3, 0.4) is 0 Å². The van der Waals surface area contributed by atoms with E-state index < -0.39 is 6.09 Å². The van der Waals surface area contributed by atoms with Crippen LogP contribution in [0.5, 0.6) is 0 Å². The van der Waals surface area contributed by atoms with E-state index in [9.17, 15) is 14.4 Å². The van der Waals surface area contributed by atoms with Gasteiger partial charge < -0.3 is 19.9 Å². The third-order valence-electron chi connectivity index (χ3n) is 4.60. The molecule has 0 spiro atoms. The summed E-state index contributed by atoms with van der Waals surface area (Å²) in [5, 5.41) is 2.71. The number of likely N-dealkylation sites (N-methyl/N-ethyl adjacent to an activating group) is 2. The number of ether oxygens (including phenoxy) is 1. The fraction of sp³-hybridized carbons (Fsp3) is 0.500. The monoisotopic (exact) mass is 362 g/mol. The highest BCUT2D eigenvalue weighted by molar-refractivity contribution is 5.92. The Kier molecular flexibility index (Phi) is 6.43. The van der Waals surface area contributed by atoms with Crippen molar-refractivity contribution in [2.24, 2.45) is 0 Å². The minimum absolute atomic E-state index is 0.0294. The molecule has 8 heteroatoms. The van der Waals surface area contributed by atoms with E-state index in [1.165, 1.54) is 4.90 Å². The molecule has 2 fully saturated rings. The molecule has 0 bridgehead atoms. The lowest BCUT2D eigenvalue weighted by Gasteiger charge is -2.14. The molecule has 2 atom stereocenters. The molecular formula is C18H26N4O4. The Hall–Kier alpha value is -2.77. The van der Waals surface area contributed by atoms with Crippen molar-refractivity contribution in [1.29, 1.82) is 0 Å². The Morgan fingerprint density at radius 2 is 1.77 bits per heavy atom. The molecule has 8 nitrogen and oxygen atoms in total. The van der Waals surface area contributed by atoms with E-state index in [4.69, 9.17) is 4.74 Å². The van der Waals surface area contributed by atoms with Crippen LogP contribution in [0.1, 0.15) is 19.4 Å². The number of urea groups is 2. The van der Waals surface area contributed by atoms with Crippen molar-refractivity contribution in [1.82, 2.24) is 20.0 Å². The number of nitrogens with one attached hydrogen (secondary N) is 1. The van der Waals surface area contributed by atoms with Crippen LogP contribution in [-0.4, -0.2) is 72.1 Å². The van der Waals surface area contributed by atoms with Crippen molar-refractivity contribution in [2.45, 2.75) is 32.5 Å². The standard InChI is InChI=1S/C13H16N2O3.C5H10N2O/c1-10-8-15(12(16)14(10)2)13(17)18-9-11-6-4-3-5-7-11;1-4-3-6-5(8)7(4)2/h3-7,10H,8-9H2,1-2H3;4H,3H2,1-2H3,(H,6,8)/t10-;4-/m11/s1. The van der Waals surface area contributed by atoms with Crippen LogP contribution in [-0.2, 0) is 11.3 Å². The molecule has 0 saturated carbocycles. The van der Waals surface area contributed by atoms with Crippen molar-refractivity contribution in [3.63, 3.8) is 0 Å². The lowest BCUT2D eigenvalue weighted by atomic mass is 10.2. The largest absolute Gasteiger partial charge is 0.444 e. The lowest BCUT2D eigenvalue weighted by molar-refractivity contribution is 0.109. The van der Waals surface area contributed by atoms with Crippen LogP contribution >= 0.6 is 0 Å². The number of hydrogen-bond acceptors (Lipinski definition) is 4. The molecule has 1 aromatic rings. The molecule has 0 radical (unpaired) electrons. The van der Waals surface area contributed by atoms with Gasteiger partial charge in [-0.25, -0.2) is 19.3 Å². The van der Waals surface area contributed by atoms with Crippen LogP contribution in [0.15, 0.2) is 30.3 Å². The van der Waals surface area contributed by atoms with E-state index in [-0.39, 0.29) is 24.7 Å². The number of imide groups is 1. The van der Waals surface area contributed by atoms with E-state index in [2.05, 4.69) is 5.32 Å². The Morgan fingerprint density at radius 3 is 2.19 bits per heavy atom. The molecule has 5 amide bonds. The van der Waals surface area contributed by atoms with Gasteiger partial charge in [-0.15, -0.1) is 0 Å². The van der Waals surface area contributed by atoms with Crippen molar-refractivity contribution >= 4 is 18.2 Å². The number of carbonyl (C=O) groups is 3. The molecule has 1 aromatic carbocycles. The van der Waals surface area contributed by atoms with Gasteiger partial charge in [0.05, 0.1) is 6.54 Å². The van der Waals surface area contributed by atoms with Gasteiger partial charge in [-0.2, -0.15) is 0 Å². The second-order valence-electron chi connectivity index (χ2n) is 6.54. The van der Waals surface area contributed by atoms with Crippen LogP contribution < -0.4 is 5.32 Å². The van der Waals surface area contributed by atoms with Gasteiger partial charge >= 0.3 is 18.2 Å². The van der Waals surface area contributed by atoms with E-state index in [1.807, 2.05) is 44.2 Å². The highest BCUT2D eigenvalue weighted by Gasteiger charge is 2.36. The number of rotatable bonds is 2. The number of amides is 5. The predicted molar refractivity (Wildman–Crippen MR) is 96.6 cm³/mol. The predicted octanol–water partition coefficient (Wildman–Crippen LogP) is 2.11. The van der Waals surface area contributed by atoms with Crippen LogP contribution in [0, 0.1) is 0 Å². The third kappa shape index (κ3) is 4.65. The number of hydrogen-bond donors (Lipinski definition) is 1. The Bertz CT molecular complexity index is 652. The van der Waals surface area contributed by atoms with Gasteiger partial charge in [0.25, 0.3) is 0 Å². The van der Waals surface area contributed by atoms with E-state index in [0.29, 0.717) is 12.6 Å². The molecule has 0 aromatic heterocycles. The molecule has 2 saturated heterocycles. The number of benzene rings is 1. The van der Waals surface area contributed by atoms with Gasteiger partial charge in [-0.05, 0) is 19.4 Å². The molecule has 0 unspecified atom stereocenters. The first-order valence-electron chi connectivity index (χ1n) is 8.57. The first kappa shape index (κ1) is 19.6. The Balaban J connectivity index is 0.000000254. The molecule has 26 heavy (non-hydrogen) atoms. The number of carbonyl (C=O) groups excluding carboxylic acids is 3. The molecule has 3 rings (SSSR count). The van der Waals surface area contributed by atoms with Crippen LogP contribution in [0.25, 0.3) is 0 Å².